The van der Waals surface area contributed by atoms with Gasteiger partial charge < -0.3 is 12.9 Å². The van der Waals surface area contributed by atoms with E-state index in [1.807, 2.05) is 6.92 Å². The van der Waals surface area contributed by atoms with Gasteiger partial charge in [0, 0.05) is 18.2 Å². The Kier molecular flexibility index (Phi) is 5.13. The molecule has 0 saturated heterocycles. The van der Waals surface area contributed by atoms with Crippen molar-refractivity contribution < 1.29 is 64.3 Å². The van der Waals surface area contributed by atoms with Crippen molar-refractivity contribution >= 4 is 12.4 Å². The number of hydrogen-bond acceptors (Lipinski definition) is 1. The number of hydrogen-bond donors (Lipinski definition) is 0. The summed E-state index contributed by atoms with van der Waals surface area (Å²) in [5, 5.41) is 4.04. The minimum Gasteiger partial charge on any atom is -0.445 e. The zero-order valence-corrected chi connectivity index (χ0v) is 12.7. The molecule has 84 valence electrons. The maximum absolute atomic E-state index is 12.7. The van der Waals surface area contributed by atoms with Gasteiger partial charge in [0.05, 0.1) is 0 Å². The van der Waals surface area contributed by atoms with E-state index >= 15 is 0 Å². The standard InChI is InChI=1S/C9H13BF3N2.K/c1-2-5-15-6-8(10(11,12)13)9(14-15)7-3-4-7;/h6-7H,2-5H2,1H3;/q-1;+1. The molecular weight excluding hydrogens is 243 g/mol. The normalized spacial score (nSPS) is 16.0. The topological polar surface area (TPSA) is 17.8 Å². The first-order valence-electron chi connectivity index (χ1n) is 5.29. The monoisotopic (exact) mass is 256 g/mol. The minimum atomic E-state index is -4.90. The quantitative estimate of drug-likeness (QED) is 0.647. The molecule has 1 fully saturated rings. The smallest absolute Gasteiger partial charge is 0.445 e. The van der Waals surface area contributed by atoms with E-state index in [4.69, 9.17) is 0 Å². The van der Waals surface area contributed by atoms with Gasteiger partial charge in [-0.3, -0.25) is 4.68 Å². The van der Waals surface area contributed by atoms with E-state index in [9.17, 15) is 12.9 Å². The molecule has 0 unspecified atom stereocenters. The summed E-state index contributed by atoms with van der Waals surface area (Å²) in [6, 6.07) is 0. The van der Waals surface area contributed by atoms with E-state index in [2.05, 4.69) is 5.10 Å². The zero-order valence-electron chi connectivity index (χ0n) is 9.59. The van der Waals surface area contributed by atoms with Crippen LogP contribution in [0.4, 0.5) is 12.9 Å². The summed E-state index contributed by atoms with van der Waals surface area (Å²) in [4.78, 5) is 0. The fraction of sp³-hybridized carbons (Fsp3) is 0.667. The molecule has 2 rings (SSSR count). The first kappa shape index (κ1) is 14.8. The van der Waals surface area contributed by atoms with Gasteiger partial charge in [0.15, 0.2) is 0 Å². The average Bonchev–Trinajstić information content (AvgIpc) is 2.87. The van der Waals surface area contributed by atoms with Gasteiger partial charge >= 0.3 is 58.4 Å². The largest absolute Gasteiger partial charge is 1.00 e. The van der Waals surface area contributed by atoms with Crippen molar-refractivity contribution in [3.05, 3.63) is 11.9 Å². The number of halogens is 3. The van der Waals surface area contributed by atoms with Crippen LogP contribution in [0, 0.1) is 0 Å². The molecule has 0 amide bonds. The van der Waals surface area contributed by atoms with Crippen molar-refractivity contribution in [2.45, 2.75) is 38.6 Å². The second-order valence-electron chi connectivity index (χ2n) is 4.08. The number of aromatic nitrogens is 2. The Morgan fingerprint density at radius 2 is 2.06 bits per heavy atom. The fourth-order valence-corrected chi connectivity index (χ4v) is 1.72. The van der Waals surface area contributed by atoms with Gasteiger partial charge in [-0.05, 0) is 25.5 Å². The summed E-state index contributed by atoms with van der Waals surface area (Å²) in [5.74, 6) is 0.0570. The Labute approximate surface area is 135 Å². The van der Waals surface area contributed by atoms with Crippen LogP contribution in [0.3, 0.4) is 0 Å². The predicted octanol–water partition coefficient (Wildman–Crippen LogP) is -0.771. The van der Waals surface area contributed by atoms with E-state index in [-0.39, 0.29) is 63.0 Å². The number of rotatable bonds is 4. The van der Waals surface area contributed by atoms with Crippen molar-refractivity contribution in [3.8, 4) is 0 Å². The van der Waals surface area contributed by atoms with Gasteiger partial charge in [0.1, 0.15) is 0 Å². The molecule has 0 radical (unpaired) electrons. The van der Waals surface area contributed by atoms with Crippen molar-refractivity contribution in [1.29, 1.82) is 0 Å². The molecule has 2 nitrogen and oxygen atoms in total. The van der Waals surface area contributed by atoms with Crippen LogP contribution in [0.15, 0.2) is 6.20 Å². The molecule has 0 N–H and O–H groups in total. The summed E-state index contributed by atoms with van der Waals surface area (Å²) >= 11 is 0. The Balaban J connectivity index is 0.00000128. The van der Waals surface area contributed by atoms with Crippen LogP contribution in [0.25, 0.3) is 0 Å². The van der Waals surface area contributed by atoms with Gasteiger partial charge in [-0.2, -0.15) is 5.10 Å². The SMILES string of the molecule is CCCn1cc([B-](F)(F)F)c(C2CC2)n1.[K+]. The van der Waals surface area contributed by atoms with Crippen molar-refractivity contribution in [1.82, 2.24) is 9.78 Å². The zero-order chi connectivity index (χ0) is 11.1. The molecule has 7 heteroatoms. The molecule has 1 aliphatic carbocycles. The molecule has 0 bridgehead atoms. The molecule has 0 aromatic carbocycles. The summed E-state index contributed by atoms with van der Waals surface area (Å²) < 4.78 is 39.5. The van der Waals surface area contributed by atoms with Gasteiger partial charge in [0.25, 0.3) is 0 Å². The van der Waals surface area contributed by atoms with Crippen molar-refractivity contribution in [3.63, 3.8) is 0 Å². The Hall–Kier alpha value is 0.701. The van der Waals surface area contributed by atoms with Crippen LogP contribution in [-0.4, -0.2) is 16.8 Å². The maximum Gasteiger partial charge on any atom is 1.00 e. The molecule has 1 saturated carbocycles. The second-order valence-corrected chi connectivity index (χ2v) is 4.08. The molecule has 1 aliphatic rings. The molecule has 1 heterocycles. The molecule has 0 atom stereocenters. The first-order valence-corrected chi connectivity index (χ1v) is 5.29. The number of aryl methyl sites for hydroxylation is 1. The molecule has 1 aromatic heterocycles. The predicted molar refractivity (Wildman–Crippen MR) is 53.2 cm³/mol. The van der Waals surface area contributed by atoms with Crippen molar-refractivity contribution in [2.75, 3.05) is 0 Å². The summed E-state index contributed by atoms with van der Waals surface area (Å²) in [7, 11) is 0. The van der Waals surface area contributed by atoms with Crippen LogP contribution in [0.1, 0.15) is 37.8 Å². The van der Waals surface area contributed by atoms with Gasteiger partial charge in [-0.15, -0.1) is 0 Å². The van der Waals surface area contributed by atoms with Crippen molar-refractivity contribution in [2.24, 2.45) is 0 Å². The maximum atomic E-state index is 12.7. The third kappa shape index (κ3) is 3.35. The Bertz CT molecular complexity index is 360. The van der Waals surface area contributed by atoms with E-state index in [0.29, 0.717) is 6.54 Å². The van der Waals surface area contributed by atoms with Gasteiger partial charge in [0.2, 0.25) is 0 Å². The fourth-order valence-electron chi connectivity index (χ4n) is 1.72. The third-order valence-corrected chi connectivity index (χ3v) is 2.59. The molecular formula is C9H13BF3KN2. The minimum absolute atomic E-state index is 0. The second kappa shape index (κ2) is 5.56. The molecule has 0 aliphatic heterocycles. The summed E-state index contributed by atoms with van der Waals surface area (Å²) in [6.45, 7) is -2.42. The van der Waals surface area contributed by atoms with Crippen LogP contribution in [-0.2, 0) is 6.54 Å². The van der Waals surface area contributed by atoms with E-state index in [1.165, 1.54) is 4.68 Å². The Morgan fingerprint density at radius 3 is 2.50 bits per heavy atom. The van der Waals surface area contributed by atoms with Crippen LogP contribution >= 0.6 is 0 Å². The van der Waals surface area contributed by atoms with Crippen LogP contribution in [0.2, 0.25) is 0 Å². The first-order chi connectivity index (χ1) is 7.02. The van der Waals surface area contributed by atoms with Crippen LogP contribution < -0.4 is 56.8 Å². The summed E-state index contributed by atoms with van der Waals surface area (Å²) in [5.41, 5.74) is -0.207. The average molecular weight is 256 g/mol. The van der Waals surface area contributed by atoms with E-state index < -0.39 is 12.4 Å². The van der Waals surface area contributed by atoms with E-state index in [0.717, 1.165) is 25.5 Å². The molecule has 0 spiro atoms. The van der Waals surface area contributed by atoms with E-state index in [1.54, 1.807) is 0 Å². The molecule has 16 heavy (non-hydrogen) atoms. The van der Waals surface area contributed by atoms with Gasteiger partial charge in [-0.1, -0.05) is 12.4 Å². The Morgan fingerprint density at radius 1 is 1.44 bits per heavy atom. The number of nitrogens with zero attached hydrogens (tertiary/aromatic N) is 2. The third-order valence-electron chi connectivity index (χ3n) is 2.59. The van der Waals surface area contributed by atoms with Crippen LogP contribution in [0.5, 0.6) is 0 Å². The molecule has 1 aromatic rings. The summed E-state index contributed by atoms with van der Waals surface area (Å²) in [6.07, 6.45) is 3.66. The van der Waals surface area contributed by atoms with Gasteiger partial charge in [-0.25, -0.2) is 0 Å².